The Bertz CT molecular complexity index is 446. The van der Waals surface area contributed by atoms with Gasteiger partial charge in [-0.2, -0.15) is 0 Å². The second-order valence-corrected chi connectivity index (χ2v) is 6.11. The van der Waals surface area contributed by atoms with Crippen molar-refractivity contribution in [3.05, 3.63) is 35.4 Å². The van der Waals surface area contributed by atoms with Gasteiger partial charge in [0.2, 0.25) is 5.91 Å². The Morgan fingerprint density at radius 1 is 1.42 bits per heavy atom. The Morgan fingerprint density at radius 3 is 2.84 bits per heavy atom. The smallest absolute Gasteiger partial charge is 0.222 e. The first-order chi connectivity index (χ1) is 9.08. The van der Waals surface area contributed by atoms with Crippen LogP contribution >= 0.6 is 11.6 Å². The summed E-state index contributed by atoms with van der Waals surface area (Å²) < 4.78 is 0. The summed E-state index contributed by atoms with van der Waals surface area (Å²) in [6.07, 6.45) is 2.43. The van der Waals surface area contributed by atoms with E-state index in [-0.39, 0.29) is 11.3 Å². The lowest BCUT2D eigenvalue weighted by Gasteiger charge is -2.34. The lowest BCUT2D eigenvalue weighted by Crippen LogP contribution is -2.43. The van der Waals surface area contributed by atoms with Crippen molar-refractivity contribution in [3.63, 3.8) is 0 Å². The fourth-order valence-electron chi connectivity index (χ4n) is 2.54. The molecule has 19 heavy (non-hydrogen) atoms. The molecule has 1 aliphatic rings. The van der Waals surface area contributed by atoms with Crippen LogP contribution in [0.3, 0.4) is 0 Å². The van der Waals surface area contributed by atoms with Crippen LogP contribution < -0.4 is 0 Å². The van der Waals surface area contributed by atoms with Crippen LogP contribution in [0.5, 0.6) is 0 Å². The predicted octanol–water partition coefficient (Wildman–Crippen LogP) is 3.40. The number of halogens is 1. The summed E-state index contributed by atoms with van der Waals surface area (Å²) in [4.78, 5) is 14.1. The number of carbonyl (C=O) groups is 1. The predicted molar refractivity (Wildman–Crippen MR) is 79.5 cm³/mol. The van der Waals surface area contributed by atoms with Crippen molar-refractivity contribution in [1.29, 1.82) is 0 Å². The summed E-state index contributed by atoms with van der Waals surface area (Å²) in [5.41, 5.74) is 2.53. The molecule has 0 bridgehead atoms. The maximum atomic E-state index is 12.2. The van der Waals surface area contributed by atoms with Crippen molar-refractivity contribution in [1.82, 2.24) is 4.90 Å². The Hall–Kier alpha value is -1.02. The van der Waals surface area contributed by atoms with E-state index in [0.29, 0.717) is 18.9 Å². The molecular formula is C16H22ClNO. The first-order valence-electron chi connectivity index (χ1n) is 7.04. The molecule has 1 aromatic rings. The highest BCUT2D eigenvalue weighted by molar-refractivity contribution is 6.21. The molecule has 1 amide bonds. The van der Waals surface area contributed by atoms with Gasteiger partial charge in [-0.3, -0.25) is 4.79 Å². The summed E-state index contributed by atoms with van der Waals surface area (Å²) in [7, 11) is 0. The second-order valence-electron chi connectivity index (χ2n) is 5.55. The van der Waals surface area contributed by atoms with Crippen LogP contribution in [0.15, 0.2) is 24.3 Å². The zero-order valence-corrected chi connectivity index (χ0v) is 12.5. The van der Waals surface area contributed by atoms with Gasteiger partial charge in [-0.1, -0.05) is 31.2 Å². The maximum Gasteiger partial charge on any atom is 0.222 e. The molecule has 0 radical (unpaired) electrons. The largest absolute Gasteiger partial charge is 0.341 e. The molecule has 0 aliphatic carbocycles. The molecular weight excluding hydrogens is 258 g/mol. The molecule has 1 saturated heterocycles. The first-order valence-corrected chi connectivity index (χ1v) is 7.48. The van der Waals surface area contributed by atoms with E-state index in [4.69, 9.17) is 11.6 Å². The summed E-state index contributed by atoms with van der Waals surface area (Å²) in [5, 5.41) is 0.108. The molecule has 0 spiro atoms. The van der Waals surface area contributed by atoms with Crippen LogP contribution in [0.1, 0.15) is 30.9 Å². The van der Waals surface area contributed by atoms with E-state index in [9.17, 15) is 4.79 Å². The fourth-order valence-corrected chi connectivity index (χ4v) is 2.83. The summed E-state index contributed by atoms with van der Waals surface area (Å²) in [6, 6.07) is 8.26. The number of hydrogen-bond donors (Lipinski definition) is 0. The van der Waals surface area contributed by atoms with Gasteiger partial charge < -0.3 is 4.90 Å². The van der Waals surface area contributed by atoms with E-state index in [1.165, 1.54) is 11.1 Å². The number of carbonyl (C=O) groups excluding carboxylic acids is 1. The summed E-state index contributed by atoms with van der Waals surface area (Å²) >= 11 is 6.25. The second kappa shape index (κ2) is 6.42. The number of amides is 1. The zero-order valence-electron chi connectivity index (χ0n) is 11.7. The van der Waals surface area contributed by atoms with Crippen molar-refractivity contribution in [3.8, 4) is 0 Å². The number of alkyl halides is 1. The van der Waals surface area contributed by atoms with Crippen molar-refractivity contribution in [2.24, 2.45) is 5.92 Å². The summed E-state index contributed by atoms with van der Waals surface area (Å²) in [6.45, 7) is 5.82. The number of rotatable bonds is 3. The van der Waals surface area contributed by atoms with Crippen LogP contribution in [-0.2, 0) is 11.2 Å². The quantitative estimate of drug-likeness (QED) is 0.777. The Labute approximate surface area is 120 Å². The normalized spacial score (nSPS) is 23.4. The van der Waals surface area contributed by atoms with E-state index >= 15 is 0 Å². The van der Waals surface area contributed by atoms with Crippen molar-refractivity contribution in [2.45, 2.75) is 38.5 Å². The van der Waals surface area contributed by atoms with Crippen LogP contribution in [0, 0.1) is 12.8 Å². The minimum absolute atomic E-state index is 0.108. The highest BCUT2D eigenvalue weighted by Gasteiger charge is 2.26. The summed E-state index contributed by atoms with van der Waals surface area (Å²) in [5.74, 6) is 0.753. The van der Waals surface area contributed by atoms with Crippen LogP contribution in [0.25, 0.3) is 0 Å². The van der Waals surface area contributed by atoms with Crippen LogP contribution in [0.4, 0.5) is 0 Å². The molecule has 1 heterocycles. The Kier molecular flexibility index (Phi) is 4.87. The minimum Gasteiger partial charge on any atom is -0.341 e. The number of nitrogens with zero attached hydrogens (tertiary/aromatic N) is 1. The molecule has 0 N–H and O–H groups in total. The van der Waals surface area contributed by atoms with Gasteiger partial charge in [-0.15, -0.1) is 11.6 Å². The van der Waals surface area contributed by atoms with E-state index in [2.05, 4.69) is 26.0 Å². The number of hydrogen-bond acceptors (Lipinski definition) is 1. The number of likely N-dealkylation sites (tertiary alicyclic amines) is 1. The van der Waals surface area contributed by atoms with Gasteiger partial charge in [0, 0.05) is 19.5 Å². The lowest BCUT2D eigenvalue weighted by atomic mass is 9.97. The molecule has 2 nitrogen and oxygen atoms in total. The molecule has 0 aromatic heterocycles. The third-order valence-electron chi connectivity index (χ3n) is 4.09. The van der Waals surface area contributed by atoms with Crippen LogP contribution in [0.2, 0.25) is 0 Å². The molecule has 1 aromatic carbocycles. The lowest BCUT2D eigenvalue weighted by molar-refractivity contribution is -0.132. The first kappa shape index (κ1) is 14.4. The molecule has 3 heteroatoms. The van der Waals surface area contributed by atoms with E-state index in [0.717, 1.165) is 19.4 Å². The molecule has 104 valence electrons. The van der Waals surface area contributed by atoms with Gasteiger partial charge in [0.25, 0.3) is 0 Å². The van der Waals surface area contributed by atoms with Gasteiger partial charge in [-0.25, -0.2) is 0 Å². The topological polar surface area (TPSA) is 20.3 Å². The highest BCUT2D eigenvalue weighted by atomic mass is 35.5. The SMILES string of the molecule is Cc1ccccc1CCC(=O)N1CCC(C)C(Cl)C1. The van der Waals surface area contributed by atoms with E-state index < -0.39 is 0 Å². The molecule has 2 unspecified atom stereocenters. The highest BCUT2D eigenvalue weighted by Crippen LogP contribution is 2.22. The molecule has 2 atom stereocenters. The Balaban J connectivity index is 1.87. The van der Waals surface area contributed by atoms with Crippen molar-refractivity contribution in [2.75, 3.05) is 13.1 Å². The average Bonchev–Trinajstić information content (AvgIpc) is 2.40. The van der Waals surface area contributed by atoms with Gasteiger partial charge in [0.1, 0.15) is 0 Å². The van der Waals surface area contributed by atoms with Crippen molar-refractivity contribution < 1.29 is 4.79 Å². The monoisotopic (exact) mass is 279 g/mol. The zero-order chi connectivity index (χ0) is 13.8. The number of aryl methyl sites for hydroxylation is 2. The minimum atomic E-state index is 0.108. The van der Waals surface area contributed by atoms with Crippen LogP contribution in [-0.4, -0.2) is 29.3 Å². The van der Waals surface area contributed by atoms with E-state index in [1.807, 2.05) is 17.0 Å². The Morgan fingerprint density at radius 2 is 2.16 bits per heavy atom. The van der Waals surface area contributed by atoms with Gasteiger partial charge >= 0.3 is 0 Å². The third-order valence-corrected chi connectivity index (χ3v) is 4.66. The number of piperidine rings is 1. The molecule has 0 saturated carbocycles. The third kappa shape index (κ3) is 3.73. The van der Waals surface area contributed by atoms with Gasteiger partial charge in [0.15, 0.2) is 0 Å². The average molecular weight is 280 g/mol. The maximum absolute atomic E-state index is 12.2. The van der Waals surface area contributed by atoms with E-state index in [1.54, 1.807) is 0 Å². The number of benzene rings is 1. The van der Waals surface area contributed by atoms with Gasteiger partial charge in [-0.05, 0) is 36.8 Å². The molecule has 2 rings (SSSR count). The van der Waals surface area contributed by atoms with Crippen molar-refractivity contribution >= 4 is 17.5 Å². The molecule has 1 fully saturated rings. The standard InChI is InChI=1S/C16H22ClNO/c1-12-5-3-4-6-14(12)7-8-16(19)18-10-9-13(2)15(17)11-18/h3-6,13,15H,7-11H2,1-2H3. The van der Waals surface area contributed by atoms with Gasteiger partial charge in [0.05, 0.1) is 5.38 Å². The molecule has 1 aliphatic heterocycles. The fraction of sp³-hybridized carbons (Fsp3) is 0.562.